The molecule has 586 valence electrons. The predicted molar refractivity (Wildman–Crippen MR) is 421 cm³/mol. The standard InChI is InChI=1S/C11H14N2O3.C11H12N2O3.2C11H12N2O2.C10H10N2O3.C10H10N2O2.C7H10N2.C6H8N2.C2H6O/c1-3-16-10(14)11(15)7-8-5-4-6-12-9(8)13(11)2;1-3-16-11(14)9-7-8-5-4-6-13(15)10(8)12(9)2;1-3-15-11(14)9-6-8-5-4-7(2)12-10(8)13-9;1-3-15-11(14)9-7-8-5-4-6-12-10(8)13(9)2;1-2-15-10(14)7-5-6-3-4-8(13)12-9(6)11-7;1-2-14-10(13)8-6-7-4-3-5-11-9(7)12-8;1-6-4-3-5-9-7(6)8-2;1-5-3-2-4-8-6(5)7;1-2-3/h4-6,15H,3,7H2,1-2H3;4-7H,3H2,1-2H3;4-6H,3H2,1-2H3,(H,12,13);4-7H,3H2,1-2H3;3-5H,2H2,1H3,(H2,11,12,13);3-6H,2H2,1H3,(H,11,12);3-5H,1-2H3,(H,8,9);2-4H,1H3,(H2,7,8);3H,2H2,1H3. The Morgan fingerprint density at radius 3 is 1.55 bits per heavy atom. The summed E-state index contributed by atoms with van der Waals surface area (Å²) in [5.41, 5.74) is 12.9. The van der Waals surface area contributed by atoms with E-state index in [4.69, 9.17) is 39.3 Å². The Morgan fingerprint density at radius 2 is 1.02 bits per heavy atom. The Bertz CT molecular complexity index is 5240. The van der Waals surface area contributed by atoms with Gasteiger partial charge in [0, 0.05) is 110 Å². The molecule has 14 rings (SSSR count). The van der Waals surface area contributed by atoms with Crippen molar-refractivity contribution < 1.29 is 72.1 Å². The Kier molecular flexibility index (Phi) is 33.4. The van der Waals surface area contributed by atoms with Crippen LogP contribution in [0.1, 0.15) is 123 Å². The van der Waals surface area contributed by atoms with Crippen LogP contribution in [0.25, 0.3) is 55.2 Å². The molecule has 0 aliphatic carbocycles. The van der Waals surface area contributed by atoms with Crippen LogP contribution in [0.2, 0.25) is 0 Å². The van der Waals surface area contributed by atoms with E-state index in [1.165, 1.54) is 22.7 Å². The minimum atomic E-state index is -1.62. The molecule has 14 heterocycles. The summed E-state index contributed by atoms with van der Waals surface area (Å²) in [4.78, 5) is 117. The van der Waals surface area contributed by atoms with Gasteiger partial charge in [-0.3, -0.25) is 4.79 Å². The fraction of sp³-hybridized carbons (Fsp3) is 0.291. The number of nitrogen functional groups attached to an aromatic ring is 1. The summed E-state index contributed by atoms with van der Waals surface area (Å²) in [5, 5.41) is 36.7. The number of nitrogens with two attached hydrogens (primary N) is 1. The van der Waals surface area contributed by atoms with Crippen LogP contribution in [-0.4, -0.2) is 171 Å². The van der Waals surface area contributed by atoms with Crippen molar-refractivity contribution in [1.82, 2.24) is 59.0 Å². The van der Waals surface area contributed by atoms with E-state index in [1.54, 1.807) is 157 Å². The van der Waals surface area contributed by atoms with Gasteiger partial charge >= 0.3 is 35.8 Å². The van der Waals surface area contributed by atoms with Gasteiger partial charge in [-0.25, -0.2) is 68.0 Å². The number of nitrogens with one attached hydrogen (secondary N) is 5. The van der Waals surface area contributed by atoms with E-state index in [1.807, 2.05) is 102 Å². The first-order chi connectivity index (χ1) is 53.3. The monoisotopic (exact) mass is 1520 g/mol. The summed E-state index contributed by atoms with van der Waals surface area (Å²) >= 11 is 0. The zero-order chi connectivity index (χ0) is 81.3. The summed E-state index contributed by atoms with van der Waals surface area (Å²) in [6.07, 6.45) is 10.1. The number of aromatic amines is 4. The van der Waals surface area contributed by atoms with E-state index in [2.05, 4.69) is 55.2 Å². The van der Waals surface area contributed by atoms with Crippen molar-refractivity contribution in [3.05, 3.63) is 231 Å². The second kappa shape index (κ2) is 42.8. The zero-order valence-electron chi connectivity index (χ0n) is 64.4. The lowest BCUT2D eigenvalue weighted by Gasteiger charge is -2.28. The molecule has 32 nitrogen and oxygen atoms in total. The normalized spacial score (nSPS) is 12.0. The van der Waals surface area contributed by atoms with Crippen LogP contribution in [0, 0.1) is 26.0 Å². The van der Waals surface area contributed by atoms with Gasteiger partial charge in [0.25, 0.3) is 5.65 Å². The SMILES string of the molecule is CCO.CCOC(=O)C1(O)Cc2cccnc2N1C.CCOC(=O)c1cc2ccc(=O)[nH]c2[nH]1.CCOC(=O)c1cc2ccc(C)nc2[nH]1.CCOC(=O)c1cc2ccc[n+]([O-])c2n1C.CCOC(=O)c1cc2cccnc2[nH]1.CCOC(=O)c1cc2cccnc2n1C.CNc1ncccc1C.Cc1cccnc1N. The van der Waals surface area contributed by atoms with E-state index in [0.717, 1.165) is 65.6 Å². The third-order valence-corrected chi connectivity index (χ3v) is 15.8. The molecule has 0 amide bonds. The van der Waals surface area contributed by atoms with Gasteiger partial charge < -0.3 is 84.3 Å². The third kappa shape index (κ3) is 23.8. The average molecular weight is 1520 g/mol. The van der Waals surface area contributed by atoms with E-state index in [-0.39, 0.29) is 43.1 Å². The molecule has 0 saturated heterocycles. The van der Waals surface area contributed by atoms with Crippen molar-refractivity contribution in [1.29, 1.82) is 0 Å². The summed E-state index contributed by atoms with van der Waals surface area (Å²) in [7, 11) is 6.98. The molecule has 1 unspecified atom stereocenters. The van der Waals surface area contributed by atoms with Gasteiger partial charge in [0.15, 0.2) is 0 Å². The topological polar surface area (TPSA) is 434 Å². The summed E-state index contributed by atoms with van der Waals surface area (Å²) in [5.74, 6) is -0.258. The molecule has 0 fully saturated rings. The number of esters is 6. The summed E-state index contributed by atoms with van der Waals surface area (Å²) in [6.45, 7) is 20.4. The molecule has 0 saturated carbocycles. The molecular weight excluding hydrogens is 1430 g/mol. The molecule has 13 aromatic heterocycles. The summed E-state index contributed by atoms with van der Waals surface area (Å²) < 4.78 is 33.3. The fourth-order valence-electron chi connectivity index (χ4n) is 10.5. The quantitative estimate of drug-likeness (QED) is 0.0230. The lowest BCUT2D eigenvalue weighted by atomic mass is 10.1. The van der Waals surface area contributed by atoms with Crippen LogP contribution < -0.4 is 26.2 Å². The van der Waals surface area contributed by atoms with Crippen LogP contribution in [0.15, 0.2) is 169 Å². The number of aryl methyl sites for hydroxylation is 5. The average Bonchev–Trinajstić information content (AvgIpc) is 1.63. The number of anilines is 3. The molecule has 0 bridgehead atoms. The number of carbonyl (C=O) groups is 6. The number of carbonyl (C=O) groups excluding carboxylic acids is 6. The van der Waals surface area contributed by atoms with Crippen LogP contribution in [0.5, 0.6) is 0 Å². The third-order valence-electron chi connectivity index (χ3n) is 15.8. The number of aromatic nitrogens is 13. The maximum atomic E-state index is 11.7. The van der Waals surface area contributed by atoms with Crippen LogP contribution in [-0.2, 0) is 53.7 Å². The lowest BCUT2D eigenvalue weighted by molar-refractivity contribution is -0.580. The van der Waals surface area contributed by atoms with Gasteiger partial charge in [-0.2, -0.15) is 0 Å². The number of fused-ring (bicyclic) bond motifs is 6. The number of aliphatic hydroxyl groups is 2. The first-order valence-electron chi connectivity index (χ1n) is 35.3. The molecule has 0 aromatic carbocycles. The maximum Gasteiger partial charge on any atom is 0.378 e. The van der Waals surface area contributed by atoms with E-state index >= 15 is 0 Å². The van der Waals surface area contributed by atoms with Crippen molar-refractivity contribution in [3.63, 3.8) is 0 Å². The minimum absolute atomic E-state index is 0.209. The fourth-order valence-corrected chi connectivity index (χ4v) is 10.5. The number of nitrogens with zero attached hydrogens (tertiary/aromatic N) is 10. The van der Waals surface area contributed by atoms with Gasteiger partial charge in [0.1, 0.15) is 62.8 Å². The van der Waals surface area contributed by atoms with Crippen molar-refractivity contribution in [3.8, 4) is 0 Å². The minimum Gasteiger partial charge on any atom is -0.711 e. The number of H-pyrrole nitrogens is 4. The number of pyridine rings is 8. The highest BCUT2D eigenvalue weighted by Gasteiger charge is 2.48. The molecule has 0 radical (unpaired) electrons. The van der Waals surface area contributed by atoms with Gasteiger partial charge in [-0.1, -0.05) is 18.2 Å². The van der Waals surface area contributed by atoms with Crippen molar-refractivity contribution in [2.45, 2.75) is 81.4 Å². The highest BCUT2D eigenvalue weighted by atomic mass is 16.6. The first-order valence-corrected chi connectivity index (χ1v) is 35.3. The second-order valence-electron chi connectivity index (χ2n) is 23.5. The van der Waals surface area contributed by atoms with Gasteiger partial charge in [-0.05, 0) is 177 Å². The van der Waals surface area contributed by atoms with E-state index < -0.39 is 23.6 Å². The number of ether oxygens (including phenoxy) is 6. The van der Waals surface area contributed by atoms with Crippen LogP contribution in [0.3, 0.4) is 0 Å². The largest absolute Gasteiger partial charge is 0.711 e. The Labute approximate surface area is 639 Å². The second-order valence-corrected chi connectivity index (χ2v) is 23.5. The molecular formula is C79H94N16O16. The van der Waals surface area contributed by atoms with E-state index in [9.17, 15) is 43.9 Å². The molecule has 1 aliphatic rings. The van der Waals surface area contributed by atoms with Gasteiger partial charge in [-0.15, -0.1) is 0 Å². The number of hydrogen-bond donors (Lipinski definition) is 8. The van der Waals surface area contributed by atoms with Crippen LogP contribution >= 0.6 is 0 Å². The maximum absolute atomic E-state index is 11.7. The molecule has 0 spiro atoms. The van der Waals surface area contributed by atoms with Crippen molar-refractivity contribution in [2.24, 2.45) is 14.1 Å². The number of rotatable bonds is 13. The number of likely N-dealkylation sites (N-methyl/N-ethyl adjacent to an activating group) is 1. The first kappa shape index (κ1) is 86.6. The number of aliphatic hydroxyl groups excluding tert-OH is 1. The highest BCUT2D eigenvalue weighted by Crippen LogP contribution is 2.35. The Morgan fingerprint density at radius 1 is 0.541 bits per heavy atom. The Balaban J connectivity index is 0.000000198. The summed E-state index contributed by atoms with van der Waals surface area (Å²) in [6, 6.07) is 37.8. The van der Waals surface area contributed by atoms with Crippen molar-refractivity contribution in [2.75, 3.05) is 76.3 Å². The van der Waals surface area contributed by atoms with Gasteiger partial charge in [0.05, 0.1) is 58.3 Å². The van der Waals surface area contributed by atoms with Gasteiger partial charge in [0.2, 0.25) is 17.0 Å². The molecule has 32 heteroatoms. The highest BCUT2D eigenvalue weighted by molar-refractivity contribution is 5.97. The molecule has 13 aromatic rings. The molecule has 1 atom stereocenters. The molecule has 9 N–H and O–H groups in total. The predicted octanol–water partition coefficient (Wildman–Crippen LogP) is 10.3. The van der Waals surface area contributed by atoms with E-state index in [0.29, 0.717) is 90.1 Å². The van der Waals surface area contributed by atoms with Crippen LogP contribution in [0.4, 0.5) is 17.5 Å². The smallest absolute Gasteiger partial charge is 0.378 e. The zero-order valence-corrected chi connectivity index (χ0v) is 64.4. The van der Waals surface area contributed by atoms with Crippen molar-refractivity contribution >= 4 is 108 Å². The molecule has 111 heavy (non-hydrogen) atoms. The Hall–Kier alpha value is -13.4. The molecule has 1 aliphatic heterocycles. The lowest BCUT2D eigenvalue weighted by Crippen LogP contribution is -2.52. The number of hydrogen-bond acceptors (Lipinski definition) is 25.